The molecule has 1 atom stereocenters. The molecule has 6 heteroatoms. The zero-order valence-electron chi connectivity index (χ0n) is 9.79. The van der Waals surface area contributed by atoms with E-state index in [1.54, 1.807) is 4.90 Å². The Morgan fingerprint density at radius 2 is 2.17 bits per heavy atom. The standard InChI is InChI=1S/C12H12BrN3O2/c1-6-2-7(13)11-8(3-6)16-9(12(18)15-11)4-14-5-10(16)17/h2-3,9,14H,4-5H2,1H3,(H,15,18). The number of nitrogens with one attached hydrogen (secondary N) is 2. The number of nitrogens with zero attached hydrogens (tertiary/aromatic N) is 1. The molecule has 5 nitrogen and oxygen atoms in total. The lowest BCUT2D eigenvalue weighted by molar-refractivity contribution is -0.124. The van der Waals surface area contributed by atoms with Gasteiger partial charge in [-0.25, -0.2) is 0 Å². The predicted octanol–water partition coefficient (Wildman–Crippen LogP) is 1.01. The summed E-state index contributed by atoms with van der Waals surface area (Å²) < 4.78 is 0.802. The highest BCUT2D eigenvalue weighted by atomic mass is 79.9. The molecule has 18 heavy (non-hydrogen) atoms. The molecule has 0 aliphatic carbocycles. The summed E-state index contributed by atoms with van der Waals surface area (Å²) in [6.45, 7) is 2.72. The van der Waals surface area contributed by atoms with Gasteiger partial charge < -0.3 is 10.6 Å². The van der Waals surface area contributed by atoms with E-state index >= 15 is 0 Å². The summed E-state index contributed by atoms with van der Waals surface area (Å²) in [4.78, 5) is 25.6. The van der Waals surface area contributed by atoms with Crippen LogP contribution in [0.1, 0.15) is 5.56 Å². The van der Waals surface area contributed by atoms with Crippen LogP contribution in [0, 0.1) is 6.92 Å². The average molecular weight is 310 g/mol. The van der Waals surface area contributed by atoms with E-state index in [1.165, 1.54) is 0 Å². The van der Waals surface area contributed by atoms with E-state index in [4.69, 9.17) is 0 Å². The number of fused-ring (bicyclic) bond motifs is 3. The van der Waals surface area contributed by atoms with Crippen molar-refractivity contribution in [2.45, 2.75) is 13.0 Å². The molecule has 0 bridgehead atoms. The molecule has 0 radical (unpaired) electrons. The Morgan fingerprint density at radius 1 is 1.39 bits per heavy atom. The van der Waals surface area contributed by atoms with Gasteiger partial charge in [0.05, 0.1) is 17.9 Å². The van der Waals surface area contributed by atoms with Crippen molar-refractivity contribution in [1.29, 1.82) is 0 Å². The van der Waals surface area contributed by atoms with Crippen molar-refractivity contribution in [2.75, 3.05) is 23.3 Å². The van der Waals surface area contributed by atoms with Crippen molar-refractivity contribution in [1.82, 2.24) is 5.32 Å². The average Bonchev–Trinajstić information content (AvgIpc) is 2.31. The van der Waals surface area contributed by atoms with E-state index in [0.29, 0.717) is 12.2 Å². The van der Waals surface area contributed by atoms with Gasteiger partial charge in [-0.1, -0.05) is 0 Å². The Morgan fingerprint density at radius 3 is 2.94 bits per heavy atom. The van der Waals surface area contributed by atoms with Crippen molar-refractivity contribution in [3.8, 4) is 0 Å². The molecule has 0 aromatic heterocycles. The van der Waals surface area contributed by atoms with Crippen LogP contribution in [0.25, 0.3) is 0 Å². The number of carbonyl (C=O) groups is 2. The summed E-state index contributed by atoms with van der Waals surface area (Å²) in [5, 5.41) is 5.82. The Balaban J connectivity index is 2.19. The van der Waals surface area contributed by atoms with Gasteiger partial charge in [0, 0.05) is 11.0 Å². The minimum atomic E-state index is -0.451. The SMILES string of the molecule is Cc1cc(Br)c2c(c1)N1C(=O)CNCC1C(=O)N2. The zero-order valence-corrected chi connectivity index (χ0v) is 11.4. The monoisotopic (exact) mass is 309 g/mol. The number of rotatable bonds is 0. The lowest BCUT2D eigenvalue weighted by Crippen LogP contribution is -2.61. The second-order valence-electron chi connectivity index (χ2n) is 4.54. The van der Waals surface area contributed by atoms with Crippen molar-refractivity contribution >= 4 is 39.1 Å². The first-order chi connectivity index (χ1) is 8.58. The van der Waals surface area contributed by atoms with Crippen LogP contribution in [0.2, 0.25) is 0 Å². The number of hydrogen-bond donors (Lipinski definition) is 2. The summed E-state index contributed by atoms with van der Waals surface area (Å²) in [6, 6.07) is 3.40. The predicted molar refractivity (Wildman–Crippen MR) is 71.7 cm³/mol. The molecule has 0 spiro atoms. The second-order valence-corrected chi connectivity index (χ2v) is 5.39. The van der Waals surface area contributed by atoms with Gasteiger partial charge in [0.1, 0.15) is 6.04 Å². The quantitative estimate of drug-likeness (QED) is 0.752. The minimum Gasteiger partial charge on any atom is -0.321 e. The smallest absolute Gasteiger partial charge is 0.248 e. The summed E-state index contributed by atoms with van der Waals surface area (Å²) in [5.41, 5.74) is 2.50. The van der Waals surface area contributed by atoms with Crippen LogP contribution in [-0.4, -0.2) is 30.9 Å². The number of hydrogen-bond acceptors (Lipinski definition) is 3. The van der Waals surface area contributed by atoms with Gasteiger partial charge >= 0.3 is 0 Å². The first kappa shape index (κ1) is 11.7. The van der Waals surface area contributed by atoms with Crippen LogP contribution in [0.4, 0.5) is 11.4 Å². The molecular formula is C12H12BrN3O2. The minimum absolute atomic E-state index is 0.0696. The van der Waals surface area contributed by atoms with E-state index in [1.807, 2.05) is 19.1 Å². The molecule has 2 aliphatic rings. The van der Waals surface area contributed by atoms with Crippen molar-refractivity contribution in [3.63, 3.8) is 0 Å². The lowest BCUT2D eigenvalue weighted by atomic mass is 10.0. The largest absolute Gasteiger partial charge is 0.321 e. The fourth-order valence-corrected chi connectivity index (χ4v) is 3.09. The van der Waals surface area contributed by atoms with E-state index in [0.717, 1.165) is 15.7 Å². The number of piperazine rings is 1. The third-order valence-electron chi connectivity index (χ3n) is 3.22. The Hall–Kier alpha value is -1.40. The molecule has 0 saturated carbocycles. The maximum atomic E-state index is 12.0. The molecule has 1 aromatic carbocycles. The first-order valence-corrected chi connectivity index (χ1v) is 6.51. The van der Waals surface area contributed by atoms with Crippen LogP contribution in [0.5, 0.6) is 0 Å². The summed E-state index contributed by atoms with van der Waals surface area (Å²) >= 11 is 3.43. The van der Waals surface area contributed by atoms with Crippen molar-refractivity contribution in [3.05, 3.63) is 22.2 Å². The third-order valence-corrected chi connectivity index (χ3v) is 3.84. The molecule has 2 N–H and O–H groups in total. The van der Waals surface area contributed by atoms with Crippen LogP contribution in [0.3, 0.4) is 0 Å². The summed E-state index contributed by atoms with van der Waals surface area (Å²) in [6.07, 6.45) is 0. The van der Waals surface area contributed by atoms with E-state index in [9.17, 15) is 9.59 Å². The highest BCUT2D eigenvalue weighted by Gasteiger charge is 2.39. The number of carbonyl (C=O) groups excluding carboxylic acids is 2. The van der Waals surface area contributed by atoms with Crippen molar-refractivity contribution in [2.24, 2.45) is 0 Å². The van der Waals surface area contributed by atoms with Gasteiger partial charge in [-0.3, -0.25) is 14.5 Å². The van der Waals surface area contributed by atoms with Gasteiger partial charge in [-0.15, -0.1) is 0 Å². The number of halogens is 1. The molecule has 94 valence electrons. The van der Waals surface area contributed by atoms with Gasteiger partial charge in [0.15, 0.2) is 0 Å². The fourth-order valence-electron chi connectivity index (χ4n) is 2.42. The topological polar surface area (TPSA) is 61.4 Å². The van der Waals surface area contributed by atoms with Gasteiger partial charge in [0.2, 0.25) is 11.8 Å². The normalized spacial score (nSPS) is 22.3. The first-order valence-electron chi connectivity index (χ1n) is 5.71. The van der Waals surface area contributed by atoms with Gasteiger partial charge in [-0.05, 0) is 40.5 Å². The van der Waals surface area contributed by atoms with Crippen molar-refractivity contribution < 1.29 is 9.59 Å². The van der Waals surface area contributed by atoms with Crippen LogP contribution < -0.4 is 15.5 Å². The zero-order chi connectivity index (χ0) is 12.9. The molecule has 3 rings (SSSR count). The lowest BCUT2D eigenvalue weighted by Gasteiger charge is -2.40. The summed E-state index contributed by atoms with van der Waals surface area (Å²) in [5.74, 6) is -0.215. The Bertz CT molecular complexity index is 558. The van der Waals surface area contributed by atoms with E-state index in [2.05, 4.69) is 26.6 Å². The molecule has 2 amide bonds. The molecule has 1 fully saturated rings. The summed E-state index contributed by atoms with van der Waals surface area (Å²) in [7, 11) is 0. The fraction of sp³-hybridized carbons (Fsp3) is 0.333. The van der Waals surface area contributed by atoms with Crippen LogP contribution in [-0.2, 0) is 9.59 Å². The molecule has 1 saturated heterocycles. The van der Waals surface area contributed by atoms with E-state index < -0.39 is 6.04 Å². The molecule has 2 aliphatic heterocycles. The van der Waals surface area contributed by atoms with E-state index in [-0.39, 0.29) is 18.4 Å². The molecule has 2 heterocycles. The number of anilines is 2. The number of aryl methyl sites for hydroxylation is 1. The third kappa shape index (κ3) is 1.64. The van der Waals surface area contributed by atoms with Gasteiger partial charge in [0.25, 0.3) is 0 Å². The highest BCUT2D eigenvalue weighted by molar-refractivity contribution is 9.10. The van der Waals surface area contributed by atoms with Crippen LogP contribution >= 0.6 is 15.9 Å². The van der Waals surface area contributed by atoms with Crippen LogP contribution in [0.15, 0.2) is 16.6 Å². The molecule has 1 aromatic rings. The Labute approximate surface area is 113 Å². The maximum Gasteiger partial charge on any atom is 0.248 e. The maximum absolute atomic E-state index is 12.0. The highest BCUT2D eigenvalue weighted by Crippen LogP contribution is 2.39. The van der Waals surface area contributed by atoms with Gasteiger partial charge in [-0.2, -0.15) is 0 Å². The molecular weight excluding hydrogens is 298 g/mol. The second kappa shape index (κ2) is 4.07. The number of benzene rings is 1. The molecule has 1 unspecified atom stereocenters. The Kier molecular flexibility index (Phi) is 2.64. The number of amides is 2.